The molecule has 0 bridgehead atoms. The standard InChI is InChI=1S/C37H30N2/c1-24(2)26-16-18-39-35(21-26)33-19-28-15-14-25-9-3-5-11-30(25)32(28)20-29(33)23-37(39)36-22-27-10-4-6-12-31(27)34-13-7-8-17-38(34)36/h3-21,24H,22-23H2,1-2H3/q+2/b37-36+. The predicted octanol–water partition coefficient (Wildman–Crippen LogP) is 7.96. The quantitative estimate of drug-likeness (QED) is 0.159. The van der Waals surface area contributed by atoms with E-state index in [9.17, 15) is 0 Å². The molecule has 2 heteroatoms. The van der Waals surface area contributed by atoms with Crippen molar-refractivity contribution < 1.29 is 9.13 Å². The van der Waals surface area contributed by atoms with Crippen molar-refractivity contribution in [2.24, 2.45) is 0 Å². The third-order valence-corrected chi connectivity index (χ3v) is 8.67. The summed E-state index contributed by atoms with van der Waals surface area (Å²) in [6.45, 7) is 4.57. The maximum Gasteiger partial charge on any atom is 0.259 e. The van der Waals surface area contributed by atoms with Gasteiger partial charge in [-0.2, -0.15) is 9.13 Å². The smallest absolute Gasteiger partial charge is 0.158 e. The molecule has 0 saturated heterocycles. The van der Waals surface area contributed by atoms with Crippen LogP contribution in [-0.4, -0.2) is 0 Å². The van der Waals surface area contributed by atoms with E-state index in [1.54, 1.807) is 0 Å². The van der Waals surface area contributed by atoms with E-state index in [-0.39, 0.29) is 0 Å². The fourth-order valence-corrected chi connectivity index (χ4v) is 6.64. The number of aromatic nitrogens is 2. The van der Waals surface area contributed by atoms with Gasteiger partial charge in [-0.05, 0) is 68.4 Å². The summed E-state index contributed by atoms with van der Waals surface area (Å²) in [6.07, 6.45) is 6.35. The van der Waals surface area contributed by atoms with E-state index in [2.05, 4.69) is 139 Å². The van der Waals surface area contributed by atoms with Crippen molar-refractivity contribution in [3.05, 3.63) is 132 Å². The highest BCUT2D eigenvalue weighted by Gasteiger charge is 2.38. The summed E-state index contributed by atoms with van der Waals surface area (Å²) in [6, 6.07) is 38.3. The molecule has 0 aliphatic carbocycles. The second-order valence-electron chi connectivity index (χ2n) is 11.2. The summed E-state index contributed by atoms with van der Waals surface area (Å²) < 4.78 is 4.89. The lowest BCUT2D eigenvalue weighted by Crippen LogP contribution is -2.47. The number of pyridine rings is 2. The third-order valence-electron chi connectivity index (χ3n) is 8.67. The molecule has 0 fully saturated rings. The van der Waals surface area contributed by atoms with Gasteiger partial charge in [0.15, 0.2) is 12.4 Å². The van der Waals surface area contributed by atoms with Crippen LogP contribution in [0.5, 0.6) is 0 Å². The van der Waals surface area contributed by atoms with Crippen LogP contribution in [0.25, 0.3) is 55.5 Å². The minimum atomic E-state index is 0.471. The van der Waals surface area contributed by atoms with Crippen LogP contribution in [0.1, 0.15) is 36.5 Å². The van der Waals surface area contributed by atoms with Crippen molar-refractivity contribution in [2.75, 3.05) is 0 Å². The molecule has 0 N–H and O–H groups in total. The molecule has 39 heavy (non-hydrogen) atoms. The van der Waals surface area contributed by atoms with E-state index in [0.29, 0.717) is 5.92 Å². The minimum absolute atomic E-state index is 0.471. The summed E-state index contributed by atoms with van der Waals surface area (Å²) in [7, 11) is 0. The number of nitrogens with zero attached hydrogens (tertiary/aromatic N) is 2. The molecule has 8 rings (SSSR count). The van der Waals surface area contributed by atoms with Crippen molar-refractivity contribution in [3.8, 4) is 22.5 Å². The van der Waals surface area contributed by atoms with Crippen molar-refractivity contribution in [1.82, 2.24) is 0 Å². The van der Waals surface area contributed by atoms with E-state index < -0.39 is 0 Å². The Labute approximate surface area is 229 Å². The first-order valence-electron chi connectivity index (χ1n) is 14.0. The normalized spacial score (nSPS) is 15.7. The molecule has 186 valence electrons. The van der Waals surface area contributed by atoms with E-state index in [0.717, 1.165) is 12.8 Å². The van der Waals surface area contributed by atoms with E-state index in [1.165, 1.54) is 72.1 Å². The van der Waals surface area contributed by atoms with Gasteiger partial charge in [0.2, 0.25) is 11.4 Å². The Morgan fingerprint density at radius 2 is 1.28 bits per heavy atom. The van der Waals surface area contributed by atoms with Crippen molar-refractivity contribution >= 4 is 32.9 Å². The number of fused-ring (bicyclic) bond motifs is 9. The highest BCUT2D eigenvalue weighted by molar-refractivity contribution is 6.09. The first kappa shape index (κ1) is 22.4. The molecule has 2 aliphatic rings. The topological polar surface area (TPSA) is 7.76 Å². The number of rotatable bonds is 1. The average molecular weight is 503 g/mol. The molecule has 2 aliphatic heterocycles. The zero-order valence-corrected chi connectivity index (χ0v) is 22.4. The van der Waals surface area contributed by atoms with Gasteiger partial charge in [0.1, 0.15) is 0 Å². The van der Waals surface area contributed by atoms with Gasteiger partial charge in [-0.15, -0.1) is 0 Å². The molecule has 2 aromatic heterocycles. The predicted molar refractivity (Wildman–Crippen MR) is 160 cm³/mol. The Balaban J connectivity index is 1.44. The van der Waals surface area contributed by atoms with E-state index >= 15 is 0 Å². The monoisotopic (exact) mass is 502 g/mol. The Hall–Kier alpha value is -4.56. The molecule has 0 radical (unpaired) electrons. The number of hydrogen-bond acceptors (Lipinski definition) is 0. The first-order chi connectivity index (χ1) is 19.2. The molecule has 0 saturated carbocycles. The lowest BCUT2D eigenvalue weighted by Gasteiger charge is -2.22. The van der Waals surface area contributed by atoms with Gasteiger partial charge >= 0.3 is 0 Å². The van der Waals surface area contributed by atoms with Gasteiger partial charge in [-0.3, -0.25) is 0 Å². The summed E-state index contributed by atoms with van der Waals surface area (Å²) in [5.41, 5.74) is 12.1. The fourth-order valence-electron chi connectivity index (χ4n) is 6.64. The lowest BCUT2D eigenvalue weighted by molar-refractivity contribution is -0.602. The largest absolute Gasteiger partial charge is 0.259 e. The zero-order valence-electron chi connectivity index (χ0n) is 22.4. The molecule has 6 aromatic rings. The van der Waals surface area contributed by atoms with Crippen LogP contribution in [0.15, 0.2) is 116 Å². The molecular formula is C37H30N2+2. The van der Waals surface area contributed by atoms with E-state index in [1.807, 2.05) is 0 Å². The van der Waals surface area contributed by atoms with Crippen molar-refractivity contribution in [2.45, 2.75) is 32.6 Å². The lowest BCUT2D eigenvalue weighted by atomic mass is 9.87. The summed E-state index contributed by atoms with van der Waals surface area (Å²) in [5.74, 6) is 0.471. The van der Waals surface area contributed by atoms with Gasteiger partial charge < -0.3 is 0 Å². The van der Waals surface area contributed by atoms with Gasteiger partial charge in [0.05, 0.1) is 24.0 Å². The maximum absolute atomic E-state index is 2.47. The minimum Gasteiger partial charge on any atom is -0.158 e. The molecule has 0 unspecified atom stereocenters. The van der Waals surface area contributed by atoms with Crippen LogP contribution >= 0.6 is 0 Å². The second-order valence-corrected chi connectivity index (χ2v) is 11.2. The molecule has 0 amide bonds. The van der Waals surface area contributed by atoms with E-state index in [4.69, 9.17) is 0 Å². The Kier molecular flexibility index (Phi) is 4.87. The maximum atomic E-state index is 2.47. The number of allylic oxidation sites excluding steroid dienone is 2. The van der Waals surface area contributed by atoms with Crippen LogP contribution in [0.3, 0.4) is 0 Å². The fraction of sp³-hybridized carbons (Fsp3) is 0.135. The SMILES string of the molecule is CC(C)c1cc[n+]2c(c1)-c1cc3ccc4ccccc4c3cc1C/C2=C1/Cc2ccccc2-c2cccc[n+]21. The van der Waals surface area contributed by atoms with Gasteiger partial charge in [-0.1, -0.05) is 68.4 Å². The van der Waals surface area contributed by atoms with Crippen LogP contribution in [0.4, 0.5) is 0 Å². The molecule has 4 heterocycles. The highest BCUT2D eigenvalue weighted by atomic mass is 15.1. The Bertz CT molecular complexity index is 1990. The van der Waals surface area contributed by atoms with Crippen molar-refractivity contribution in [3.63, 3.8) is 0 Å². The molecular weight excluding hydrogens is 472 g/mol. The average Bonchev–Trinajstić information content (AvgIpc) is 2.99. The summed E-state index contributed by atoms with van der Waals surface area (Å²) in [4.78, 5) is 0. The third kappa shape index (κ3) is 3.41. The molecule has 0 spiro atoms. The van der Waals surface area contributed by atoms with Gasteiger partial charge in [-0.25, -0.2) is 0 Å². The van der Waals surface area contributed by atoms with Crippen molar-refractivity contribution in [1.29, 1.82) is 0 Å². The highest BCUT2D eigenvalue weighted by Crippen LogP contribution is 2.38. The van der Waals surface area contributed by atoms with Crippen LogP contribution in [0, 0.1) is 0 Å². The molecule has 2 nitrogen and oxygen atoms in total. The summed E-state index contributed by atoms with van der Waals surface area (Å²) in [5, 5.41) is 5.26. The molecule has 0 atom stereocenters. The Morgan fingerprint density at radius 3 is 2.18 bits per heavy atom. The zero-order chi connectivity index (χ0) is 26.1. The van der Waals surface area contributed by atoms with Crippen LogP contribution in [-0.2, 0) is 12.8 Å². The van der Waals surface area contributed by atoms with Crippen LogP contribution < -0.4 is 9.13 Å². The van der Waals surface area contributed by atoms with Crippen LogP contribution in [0.2, 0.25) is 0 Å². The first-order valence-corrected chi connectivity index (χ1v) is 14.0. The number of hydrogen-bond donors (Lipinski definition) is 0. The van der Waals surface area contributed by atoms with Gasteiger partial charge in [0.25, 0.3) is 11.4 Å². The number of benzene rings is 4. The van der Waals surface area contributed by atoms with Gasteiger partial charge in [0, 0.05) is 24.3 Å². The second kappa shape index (κ2) is 8.47. The molecule has 4 aromatic carbocycles. The Morgan fingerprint density at radius 1 is 0.538 bits per heavy atom. The summed E-state index contributed by atoms with van der Waals surface area (Å²) >= 11 is 0.